The number of hydrogen-bond acceptors (Lipinski definition) is 3. The van der Waals surface area contributed by atoms with Crippen molar-refractivity contribution in [2.24, 2.45) is 5.92 Å². The Kier molecular flexibility index (Phi) is 5.88. The Morgan fingerprint density at radius 1 is 1.30 bits per heavy atom. The first-order valence-electron chi connectivity index (χ1n) is 7.92. The second-order valence-electron chi connectivity index (χ2n) is 6.19. The van der Waals surface area contributed by atoms with Crippen LogP contribution in [0.3, 0.4) is 0 Å². The largest absolute Gasteiger partial charge is 0.353 e. The molecule has 1 N–H and O–H groups in total. The fourth-order valence-electron chi connectivity index (χ4n) is 2.17. The van der Waals surface area contributed by atoms with Crippen LogP contribution in [0.5, 0.6) is 0 Å². The third kappa shape index (κ3) is 4.38. The van der Waals surface area contributed by atoms with E-state index < -0.39 is 0 Å². The zero-order chi connectivity index (χ0) is 17.0. The second-order valence-corrected chi connectivity index (χ2v) is 7.13. The Morgan fingerprint density at radius 2 is 2.04 bits per heavy atom. The summed E-state index contributed by atoms with van der Waals surface area (Å²) in [6.45, 7) is 10.4. The first-order valence-corrected chi connectivity index (χ1v) is 8.90. The van der Waals surface area contributed by atoms with E-state index >= 15 is 0 Å². The molecule has 0 saturated carbocycles. The molecule has 0 radical (unpaired) electrons. The highest BCUT2D eigenvalue weighted by molar-refractivity contribution is 7.99. The SMILES string of the molecule is Cc1cccc(-n2ccnc2SCC(=O)NC(C)C(C)C)c1C. The van der Waals surface area contributed by atoms with Crippen LogP contribution >= 0.6 is 11.8 Å². The molecule has 0 saturated heterocycles. The summed E-state index contributed by atoms with van der Waals surface area (Å²) < 4.78 is 2.05. The van der Waals surface area contributed by atoms with Gasteiger partial charge in [-0.05, 0) is 43.9 Å². The minimum Gasteiger partial charge on any atom is -0.353 e. The van der Waals surface area contributed by atoms with E-state index in [4.69, 9.17) is 0 Å². The van der Waals surface area contributed by atoms with Crippen LogP contribution in [0, 0.1) is 19.8 Å². The lowest BCUT2D eigenvalue weighted by atomic mass is 10.1. The molecule has 1 amide bonds. The summed E-state index contributed by atoms with van der Waals surface area (Å²) >= 11 is 1.46. The first-order chi connectivity index (χ1) is 10.9. The van der Waals surface area contributed by atoms with Gasteiger partial charge in [0.05, 0.1) is 11.4 Å². The van der Waals surface area contributed by atoms with Crippen LogP contribution in [-0.4, -0.2) is 27.3 Å². The minimum absolute atomic E-state index is 0.0479. The quantitative estimate of drug-likeness (QED) is 0.820. The van der Waals surface area contributed by atoms with Gasteiger partial charge in [0.1, 0.15) is 0 Å². The number of amides is 1. The fourth-order valence-corrected chi connectivity index (χ4v) is 2.95. The first kappa shape index (κ1) is 17.6. The summed E-state index contributed by atoms with van der Waals surface area (Å²) in [6.07, 6.45) is 3.72. The maximum absolute atomic E-state index is 12.1. The Morgan fingerprint density at radius 3 is 2.74 bits per heavy atom. The maximum atomic E-state index is 12.1. The van der Waals surface area contributed by atoms with Crippen molar-refractivity contribution < 1.29 is 4.79 Å². The van der Waals surface area contributed by atoms with E-state index in [-0.39, 0.29) is 11.9 Å². The monoisotopic (exact) mass is 331 g/mol. The van der Waals surface area contributed by atoms with Gasteiger partial charge in [-0.1, -0.05) is 37.7 Å². The molecule has 1 aromatic carbocycles. The lowest BCUT2D eigenvalue weighted by molar-refractivity contribution is -0.119. The van der Waals surface area contributed by atoms with Crippen molar-refractivity contribution in [2.75, 3.05) is 5.75 Å². The number of hydrogen-bond donors (Lipinski definition) is 1. The summed E-state index contributed by atoms with van der Waals surface area (Å²) in [6, 6.07) is 6.41. The highest BCUT2D eigenvalue weighted by Crippen LogP contribution is 2.24. The molecule has 23 heavy (non-hydrogen) atoms. The molecule has 0 aliphatic heterocycles. The highest BCUT2D eigenvalue weighted by Gasteiger charge is 2.14. The molecule has 124 valence electrons. The third-order valence-corrected chi connectivity index (χ3v) is 5.13. The van der Waals surface area contributed by atoms with E-state index in [9.17, 15) is 4.79 Å². The van der Waals surface area contributed by atoms with Gasteiger partial charge in [0, 0.05) is 18.4 Å². The smallest absolute Gasteiger partial charge is 0.230 e. The van der Waals surface area contributed by atoms with E-state index in [1.54, 1.807) is 6.20 Å². The van der Waals surface area contributed by atoms with E-state index in [1.807, 2.05) is 23.8 Å². The van der Waals surface area contributed by atoms with Gasteiger partial charge >= 0.3 is 0 Å². The van der Waals surface area contributed by atoms with Gasteiger partial charge in [-0.25, -0.2) is 4.98 Å². The Balaban J connectivity index is 2.07. The van der Waals surface area contributed by atoms with Gasteiger partial charge in [-0.2, -0.15) is 0 Å². The van der Waals surface area contributed by atoms with Crippen molar-refractivity contribution in [1.82, 2.24) is 14.9 Å². The lowest BCUT2D eigenvalue weighted by Gasteiger charge is -2.17. The van der Waals surface area contributed by atoms with Crippen molar-refractivity contribution in [3.8, 4) is 5.69 Å². The second kappa shape index (κ2) is 7.68. The van der Waals surface area contributed by atoms with Crippen molar-refractivity contribution in [1.29, 1.82) is 0 Å². The minimum atomic E-state index is 0.0479. The zero-order valence-corrected chi connectivity index (χ0v) is 15.3. The number of aryl methyl sites for hydroxylation is 1. The van der Waals surface area contributed by atoms with E-state index in [1.165, 1.54) is 22.9 Å². The third-order valence-electron chi connectivity index (χ3n) is 4.16. The molecule has 1 heterocycles. The van der Waals surface area contributed by atoms with E-state index in [2.05, 4.69) is 50.1 Å². The van der Waals surface area contributed by atoms with Crippen LogP contribution < -0.4 is 5.32 Å². The normalized spacial score (nSPS) is 12.4. The number of nitrogens with one attached hydrogen (secondary N) is 1. The van der Waals surface area contributed by atoms with Crippen LogP contribution in [0.25, 0.3) is 5.69 Å². The summed E-state index contributed by atoms with van der Waals surface area (Å²) in [5, 5.41) is 3.86. The van der Waals surface area contributed by atoms with Crippen LogP contribution in [0.4, 0.5) is 0 Å². The molecule has 0 spiro atoms. The van der Waals surface area contributed by atoms with Gasteiger partial charge in [0.15, 0.2) is 5.16 Å². The number of thioether (sulfide) groups is 1. The number of carbonyl (C=O) groups excluding carboxylic acids is 1. The lowest BCUT2D eigenvalue weighted by Crippen LogP contribution is -2.37. The number of nitrogens with zero attached hydrogens (tertiary/aromatic N) is 2. The molecule has 0 aliphatic carbocycles. The summed E-state index contributed by atoms with van der Waals surface area (Å²) in [5.41, 5.74) is 3.59. The molecule has 1 unspecified atom stereocenters. The summed E-state index contributed by atoms with van der Waals surface area (Å²) in [7, 11) is 0. The number of benzene rings is 1. The standard InChI is InChI=1S/C18H25N3OS/c1-12(2)15(5)20-17(22)11-23-18-19-9-10-21(18)16-8-6-7-13(3)14(16)4/h6-10,12,15H,11H2,1-5H3,(H,20,22). The number of carbonyl (C=O) groups is 1. The number of rotatable bonds is 6. The summed E-state index contributed by atoms with van der Waals surface area (Å²) in [4.78, 5) is 16.4. The molecule has 5 heteroatoms. The molecule has 0 fully saturated rings. The number of aromatic nitrogens is 2. The molecule has 1 aromatic heterocycles. The van der Waals surface area contributed by atoms with Gasteiger partial charge < -0.3 is 5.32 Å². The molecule has 0 aliphatic rings. The predicted molar refractivity (Wildman–Crippen MR) is 96.2 cm³/mol. The van der Waals surface area contributed by atoms with Crippen LogP contribution in [0.15, 0.2) is 35.7 Å². The van der Waals surface area contributed by atoms with Gasteiger partial charge in [-0.15, -0.1) is 0 Å². The van der Waals surface area contributed by atoms with Crippen LogP contribution in [0.2, 0.25) is 0 Å². The maximum Gasteiger partial charge on any atom is 0.230 e. The van der Waals surface area contributed by atoms with Crippen molar-refractivity contribution in [3.63, 3.8) is 0 Å². The van der Waals surface area contributed by atoms with Crippen LogP contribution in [0.1, 0.15) is 31.9 Å². The van der Waals surface area contributed by atoms with Crippen molar-refractivity contribution in [3.05, 3.63) is 41.7 Å². The van der Waals surface area contributed by atoms with Crippen LogP contribution in [-0.2, 0) is 4.79 Å². The molecular weight excluding hydrogens is 306 g/mol. The molecular formula is C18H25N3OS. The molecule has 4 nitrogen and oxygen atoms in total. The number of imidazole rings is 1. The zero-order valence-electron chi connectivity index (χ0n) is 14.5. The van der Waals surface area contributed by atoms with E-state index in [0.717, 1.165) is 10.8 Å². The fraction of sp³-hybridized carbons (Fsp3) is 0.444. The average molecular weight is 331 g/mol. The Labute approximate surface area is 142 Å². The molecule has 2 rings (SSSR count). The van der Waals surface area contributed by atoms with Gasteiger partial charge in [0.2, 0.25) is 5.91 Å². The molecule has 1 atom stereocenters. The Hall–Kier alpha value is -1.75. The van der Waals surface area contributed by atoms with Crippen molar-refractivity contribution in [2.45, 2.75) is 45.8 Å². The summed E-state index contributed by atoms with van der Waals surface area (Å²) in [5.74, 6) is 0.853. The highest BCUT2D eigenvalue weighted by atomic mass is 32.2. The Bertz CT molecular complexity index is 679. The van der Waals surface area contributed by atoms with Gasteiger partial charge in [-0.3, -0.25) is 9.36 Å². The average Bonchev–Trinajstić information content (AvgIpc) is 2.96. The predicted octanol–water partition coefficient (Wildman–Crippen LogP) is 3.74. The molecule has 2 aromatic rings. The molecule has 0 bridgehead atoms. The van der Waals surface area contributed by atoms with Gasteiger partial charge in [0.25, 0.3) is 0 Å². The van der Waals surface area contributed by atoms with E-state index in [0.29, 0.717) is 11.7 Å². The van der Waals surface area contributed by atoms with Crippen molar-refractivity contribution >= 4 is 17.7 Å². The topological polar surface area (TPSA) is 46.9 Å².